The first-order valence-corrected chi connectivity index (χ1v) is 22.0. The fraction of sp³-hybridized carbons (Fsp3) is 0.190. The highest BCUT2D eigenvalue weighted by atomic mass is 16.5. The van der Waals surface area contributed by atoms with Crippen LogP contribution in [0.25, 0.3) is 27.8 Å². The van der Waals surface area contributed by atoms with E-state index in [1.807, 2.05) is 0 Å². The van der Waals surface area contributed by atoms with Crippen molar-refractivity contribution in [1.82, 2.24) is 5.32 Å². The Morgan fingerprint density at radius 3 is 2.18 bits per heavy atom. The number of ether oxygens (including phenoxy) is 1. The molecular formula is C58H52N2O. The maximum absolute atomic E-state index is 7.05. The molecule has 3 nitrogen and oxygen atoms in total. The zero-order valence-corrected chi connectivity index (χ0v) is 34.8. The number of allylic oxidation sites excluding steroid dienone is 10. The molecule has 1 fully saturated rings. The zero-order chi connectivity index (χ0) is 41.0. The highest BCUT2D eigenvalue weighted by Gasteiger charge is 2.49. The summed E-state index contributed by atoms with van der Waals surface area (Å²) in [5.41, 5.74) is 15.1. The molecule has 6 unspecified atom stereocenters. The molecule has 1 heterocycles. The summed E-state index contributed by atoms with van der Waals surface area (Å²) in [4.78, 5) is 5.74. The quantitative estimate of drug-likeness (QED) is 0.133. The Morgan fingerprint density at radius 1 is 0.705 bits per heavy atom. The predicted molar refractivity (Wildman–Crippen MR) is 253 cm³/mol. The molecule has 10 rings (SSSR count). The summed E-state index contributed by atoms with van der Waals surface area (Å²) in [6.45, 7) is 2.78. The molecular weight excluding hydrogens is 741 g/mol. The van der Waals surface area contributed by atoms with Crippen LogP contribution in [0, 0.1) is 5.92 Å². The molecule has 4 aliphatic rings. The van der Waals surface area contributed by atoms with Crippen LogP contribution in [-0.2, 0) is 11.3 Å². The predicted octanol–water partition coefficient (Wildman–Crippen LogP) is 13.8. The Balaban J connectivity index is 0.991. The van der Waals surface area contributed by atoms with Gasteiger partial charge < -0.3 is 4.74 Å². The van der Waals surface area contributed by atoms with E-state index in [-0.39, 0.29) is 30.0 Å². The van der Waals surface area contributed by atoms with E-state index in [2.05, 4.69) is 219 Å². The summed E-state index contributed by atoms with van der Waals surface area (Å²) >= 11 is 0. The summed E-state index contributed by atoms with van der Waals surface area (Å²) in [7, 11) is 0. The van der Waals surface area contributed by atoms with E-state index in [0.29, 0.717) is 12.5 Å². The van der Waals surface area contributed by atoms with Crippen LogP contribution in [-0.4, -0.2) is 18.0 Å². The van der Waals surface area contributed by atoms with Gasteiger partial charge in [-0.05, 0) is 112 Å². The van der Waals surface area contributed by atoms with Crippen LogP contribution >= 0.6 is 0 Å². The van der Waals surface area contributed by atoms with Crippen LogP contribution in [0.1, 0.15) is 77.3 Å². The average Bonchev–Trinajstić information content (AvgIpc) is 3.71. The Labute approximate surface area is 361 Å². The Kier molecular flexibility index (Phi) is 11.1. The normalized spacial score (nSPS) is 22.1. The summed E-state index contributed by atoms with van der Waals surface area (Å²) in [6, 6.07) is 57.4. The molecule has 1 N–H and O–H groups in total. The summed E-state index contributed by atoms with van der Waals surface area (Å²) < 4.78 is 7.05. The van der Waals surface area contributed by atoms with Gasteiger partial charge in [-0.2, -0.15) is 0 Å². The van der Waals surface area contributed by atoms with Gasteiger partial charge in [-0.3, -0.25) is 10.3 Å². The van der Waals surface area contributed by atoms with E-state index >= 15 is 0 Å². The van der Waals surface area contributed by atoms with Gasteiger partial charge >= 0.3 is 0 Å². The standard InChI is InChI=1S/C58H52N2O/c1-2-17-54(49-29-16-27-46(36-49)43-23-10-5-11-24-43)60-58(59-39-40-18-14-25-44(34-40)41-19-6-3-7-20-41)52-38-56-57(51-31-13-12-30-50(51)52)53-37-48(32-33-55(53)61-56)47-28-15-26-45(35-47)42-21-8-4-9-22-42/h2-23,25-36,43,52-53,56-59H,24,37-39H2,1H3/b17-2+,60-54?. The minimum Gasteiger partial charge on any atom is -0.494 e. The highest BCUT2D eigenvalue weighted by Crippen LogP contribution is 2.55. The molecule has 0 bridgehead atoms. The SMILES string of the molecule is C/C=C/C(=NC(NCc1cccc(-c2ccccc2)c1)C1CC2OC3=CC=C(c4cccc(-c5ccccc5)c4)CC3C2c2ccccc21)c1cccc(C2C=CC=CC2)c1. The third-order valence-electron chi connectivity index (χ3n) is 13.1. The maximum atomic E-state index is 7.05. The number of nitrogens with zero attached hydrogens (tertiary/aromatic N) is 1. The highest BCUT2D eigenvalue weighted by molar-refractivity contribution is 6.09. The van der Waals surface area contributed by atoms with Crippen molar-refractivity contribution >= 4 is 11.3 Å². The van der Waals surface area contributed by atoms with Gasteiger partial charge in [-0.1, -0.05) is 176 Å². The molecule has 3 heteroatoms. The van der Waals surface area contributed by atoms with Gasteiger partial charge in [-0.15, -0.1) is 0 Å². The smallest absolute Gasteiger partial charge is 0.107 e. The molecule has 0 spiro atoms. The fourth-order valence-electron chi connectivity index (χ4n) is 10.1. The second-order valence-electron chi connectivity index (χ2n) is 16.9. The first kappa shape index (κ1) is 38.6. The van der Waals surface area contributed by atoms with Crippen LogP contribution < -0.4 is 5.32 Å². The van der Waals surface area contributed by atoms with Gasteiger partial charge in [0.25, 0.3) is 0 Å². The molecule has 300 valence electrons. The number of hydrogen-bond acceptors (Lipinski definition) is 3. The van der Waals surface area contributed by atoms with E-state index < -0.39 is 0 Å². The maximum Gasteiger partial charge on any atom is 0.107 e. The lowest BCUT2D eigenvalue weighted by atomic mass is 9.68. The topological polar surface area (TPSA) is 33.6 Å². The molecule has 6 atom stereocenters. The van der Waals surface area contributed by atoms with E-state index in [1.165, 1.54) is 55.6 Å². The second kappa shape index (κ2) is 17.6. The molecule has 61 heavy (non-hydrogen) atoms. The van der Waals surface area contributed by atoms with Gasteiger partial charge in [-0.25, -0.2) is 0 Å². The van der Waals surface area contributed by atoms with Gasteiger partial charge in [0.2, 0.25) is 0 Å². The summed E-state index contributed by atoms with van der Waals surface area (Å²) in [5.74, 6) is 2.15. The molecule has 0 radical (unpaired) electrons. The van der Waals surface area contributed by atoms with E-state index in [9.17, 15) is 0 Å². The average molecular weight is 793 g/mol. The van der Waals surface area contributed by atoms with Gasteiger partial charge in [0.15, 0.2) is 0 Å². The van der Waals surface area contributed by atoms with Crippen LogP contribution in [0.5, 0.6) is 0 Å². The van der Waals surface area contributed by atoms with Gasteiger partial charge in [0.1, 0.15) is 18.0 Å². The number of hydrogen-bond donors (Lipinski definition) is 1. The van der Waals surface area contributed by atoms with Crippen molar-refractivity contribution in [2.45, 2.75) is 62.8 Å². The second-order valence-corrected chi connectivity index (χ2v) is 16.9. The van der Waals surface area contributed by atoms with Crippen LogP contribution in [0.3, 0.4) is 0 Å². The molecule has 1 saturated heterocycles. The monoisotopic (exact) mass is 792 g/mol. The minimum atomic E-state index is -0.204. The Morgan fingerprint density at radius 2 is 1.41 bits per heavy atom. The lowest BCUT2D eigenvalue weighted by Crippen LogP contribution is -2.39. The number of aliphatic imine (C=N–C) groups is 1. The van der Waals surface area contributed by atoms with Gasteiger partial charge in [0, 0.05) is 35.8 Å². The Hall–Kier alpha value is -6.55. The van der Waals surface area contributed by atoms with E-state index in [0.717, 1.165) is 36.3 Å². The van der Waals surface area contributed by atoms with Crippen LogP contribution in [0.15, 0.2) is 217 Å². The molecule has 3 aliphatic carbocycles. The van der Waals surface area contributed by atoms with Crippen molar-refractivity contribution < 1.29 is 4.74 Å². The van der Waals surface area contributed by atoms with Crippen molar-refractivity contribution in [2.24, 2.45) is 10.9 Å². The summed E-state index contributed by atoms with van der Waals surface area (Å²) in [6.07, 6.45) is 20.4. The van der Waals surface area contributed by atoms with Crippen molar-refractivity contribution in [1.29, 1.82) is 0 Å². The van der Waals surface area contributed by atoms with Crippen molar-refractivity contribution in [2.75, 3.05) is 0 Å². The molecule has 6 aromatic rings. The largest absolute Gasteiger partial charge is 0.494 e. The third-order valence-corrected chi connectivity index (χ3v) is 13.1. The minimum absolute atomic E-state index is 0.0556. The van der Waals surface area contributed by atoms with E-state index in [1.54, 1.807) is 0 Å². The van der Waals surface area contributed by atoms with Crippen molar-refractivity contribution in [3.05, 3.63) is 245 Å². The Bertz CT molecular complexity index is 2700. The molecule has 0 amide bonds. The number of fused-ring (bicyclic) bond motifs is 5. The van der Waals surface area contributed by atoms with Crippen molar-refractivity contribution in [3.63, 3.8) is 0 Å². The van der Waals surface area contributed by atoms with Crippen LogP contribution in [0.4, 0.5) is 0 Å². The zero-order valence-electron chi connectivity index (χ0n) is 34.8. The lowest BCUT2D eigenvalue weighted by molar-refractivity contribution is 0.119. The van der Waals surface area contributed by atoms with E-state index in [4.69, 9.17) is 9.73 Å². The molecule has 1 aliphatic heterocycles. The molecule has 0 saturated carbocycles. The lowest BCUT2D eigenvalue weighted by Gasteiger charge is -2.38. The summed E-state index contributed by atoms with van der Waals surface area (Å²) in [5, 5.41) is 4.03. The van der Waals surface area contributed by atoms with Crippen molar-refractivity contribution in [3.8, 4) is 22.3 Å². The number of nitrogens with one attached hydrogen (secondary N) is 1. The molecule has 6 aromatic carbocycles. The number of rotatable bonds is 11. The first-order chi connectivity index (χ1) is 30.2. The number of benzene rings is 6. The fourth-order valence-corrected chi connectivity index (χ4v) is 10.1. The van der Waals surface area contributed by atoms with Gasteiger partial charge in [0.05, 0.1) is 5.71 Å². The van der Waals surface area contributed by atoms with Crippen LogP contribution in [0.2, 0.25) is 0 Å². The first-order valence-electron chi connectivity index (χ1n) is 22.0. The third kappa shape index (κ3) is 8.19. The molecule has 0 aromatic heterocycles.